The fraction of sp³-hybridized carbons (Fsp3) is 0.375. The Labute approximate surface area is 182 Å². The lowest BCUT2D eigenvalue weighted by Gasteiger charge is -2.28. The first-order valence-electron chi connectivity index (χ1n) is 10.7. The van der Waals surface area contributed by atoms with Crippen molar-refractivity contribution < 1.29 is 18.9 Å². The second-order valence-corrected chi connectivity index (χ2v) is 7.71. The predicted octanol–water partition coefficient (Wildman–Crippen LogP) is 3.55. The number of rotatable bonds is 6. The molecule has 0 spiro atoms. The Kier molecular flexibility index (Phi) is 5.78. The van der Waals surface area contributed by atoms with Crippen molar-refractivity contribution >= 4 is 5.69 Å². The van der Waals surface area contributed by atoms with Crippen LogP contribution in [0.5, 0.6) is 11.5 Å². The van der Waals surface area contributed by atoms with Gasteiger partial charge in [-0.1, -0.05) is 0 Å². The number of benzene rings is 2. The summed E-state index contributed by atoms with van der Waals surface area (Å²) in [7, 11) is 1.66. The first kappa shape index (κ1) is 19.9. The van der Waals surface area contributed by atoms with E-state index in [4.69, 9.17) is 18.9 Å². The van der Waals surface area contributed by atoms with Crippen molar-refractivity contribution in [1.82, 2.24) is 9.78 Å². The summed E-state index contributed by atoms with van der Waals surface area (Å²) in [5.41, 5.74) is 4.23. The van der Waals surface area contributed by atoms with Crippen molar-refractivity contribution in [2.75, 3.05) is 51.5 Å². The zero-order valence-corrected chi connectivity index (χ0v) is 17.7. The molecule has 0 amide bonds. The van der Waals surface area contributed by atoms with Gasteiger partial charge in [0.2, 0.25) is 0 Å². The summed E-state index contributed by atoms with van der Waals surface area (Å²) < 4.78 is 24.5. The molecule has 1 aromatic heterocycles. The molecule has 0 radical (unpaired) electrons. The van der Waals surface area contributed by atoms with Gasteiger partial charge in [-0.15, -0.1) is 0 Å². The van der Waals surface area contributed by atoms with E-state index in [1.165, 1.54) is 5.69 Å². The molecule has 2 aliphatic heterocycles. The third-order valence-electron chi connectivity index (χ3n) is 5.75. The Morgan fingerprint density at radius 1 is 0.903 bits per heavy atom. The van der Waals surface area contributed by atoms with E-state index in [9.17, 15) is 0 Å². The molecule has 3 heterocycles. The van der Waals surface area contributed by atoms with E-state index in [2.05, 4.69) is 34.3 Å². The monoisotopic (exact) mass is 421 g/mol. The maximum absolute atomic E-state index is 6.17. The molecule has 2 fully saturated rings. The molecule has 7 heteroatoms. The minimum Gasteiger partial charge on any atom is -0.493 e. The molecular weight excluding hydrogens is 394 g/mol. The van der Waals surface area contributed by atoms with Crippen molar-refractivity contribution in [1.29, 1.82) is 0 Å². The van der Waals surface area contributed by atoms with Crippen LogP contribution >= 0.6 is 0 Å². The lowest BCUT2D eigenvalue weighted by Crippen LogP contribution is -2.36. The van der Waals surface area contributed by atoms with E-state index in [0.29, 0.717) is 6.61 Å². The normalized spacial score (nSPS) is 18.9. The van der Waals surface area contributed by atoms with Crippen molar-refractivity contribution in [2.45, 2.75) is 12.5 Å². The molecule has 0 N–H and O–H groups in total. The molecule has 0 aliphatic carbocycles. The summed E-state index contributed by atoms with van der Waals surface area (Å²) in [4.78, 5) is 2.34. The Morgan fingerprint density at radius 2 is 1.71 bits per heavy atom. The van der Waals surface area contributed by atoms with Gasteiger partial charge in [-0.3, -0.25) is 0 Å². The van der Waals surface area contributed by atoms with Gasteiger partial charge in [0.1, 0.15) is 6.10 Å². The topological polar surface area (TPSA) is 58.0 Å². The summed E-state index contributed by atoms with van der Waals surface area (Å²) >= 11 is 0. The number of aromatic nitrogens is 2. The van der Waals surface area contributed by atoms with Crippen LogP contribution in [0, 0.1) is 0 Å². The van der Waals surface area contributed by atoms with Crippen LogP contribution < -0.4 is 14.4 Å². The minimum absolute atomic E-state index is 0.0572. The van der Waals surface area contributed by atoms with Crippen molar-refractivity contribution in [2.24, 2.45) is 0 Å². The van der Waals surface area contributed by atoms with Crippen molar-refractivity contribution in [3.63, 3.8) is 0 Å². The maximum Gasteiger partial charge on any atom is 0.162 e. The molecule has 0 bridgehead atoms. The molecule has 0 saturated carbocycles. The Morgan fingerprint density at radius 3 is 2.45 bits per heavy atom. The Bertz CT molecular complexity index is 1010. The van der Waals surface area contributed by atoms with Crippen LogP contribution in [-0.4, -0.2) is 62.5 Å². The molecule has 162 valence electrons. The number of ether oxygens (including phenoxy) is 4. The van der Waals surface area contributed by atoms with Crippen LogP contribution in [0.3, 0.4) is 0 Å². The van der Waals surface area contributed by atoms with Gasteiger partial charge in [0.15, 0.2) is 11.5 Å². The lowest BCUT2D eigenvalue weighted by atomic mass is 10.1. The van der Waals surface area contributed by atoms with Gasteiger partial charge >= 0.3 is 0 Å². The van der Waals surface area contributed by atoms with E-state index in [0.717, 1.165) is 67.8 Å². The zero-order chi connectivity index (χ0) is 21.0. The largest absolute Gasteiger partial charge is 0.493 e. The zero-order valence-electron chi connectivity index (χ0n) is 17.7. The molecule has 1 atom stereocenters. The third kappa shape index (κ3) is 4.24. The van der Waals surface area contributed by atoms with Gasteiger partial charge in [0, 0.05) is 30.8 Å². The highest BCUT2D eigenvalue weighted by atomic mass is 16.6. The quantitative estimate of drug-likeness (QED) is 0.607. The van der Waals surface area contributed by atoms with Gasteiger partial charge in [-0.25, -0.2) is 4.68 Å². The highest BCUT2D eigenvalue weighted by Gasteiger charge is 2.20. The SMILES string of the molecule is COc1ccc(-c2ccnn2-c2ccc(N3CCOCC3)cc2)cc1O[C@@H]1CCOC1. The summed E-state index contributed by atoms with van der Waals surface area (Å²) in [6.45, 7) is 4.75. The van der Waals surface area contributed by atoms with E-state index < -0.39 is 0 Å². The minimum atomic E-state index is 0.0572. The molecule has 3 aromatic rings. The van der Waals surface area contributed by atoms with Crippen LogP contribution in [0.1, 0.15) is 6.42 Å². The number of methoxy groups -OCH3 is 1. The molecule has 7 nitrogen and oxygen atoms in total. The molecule has 2 aliphatic rings. The second kappa shape index (κ2) is 8.99. The van der Waals surface area contributed by atoms with Crippen LogP contribution in [0.2, 0.25) is 0 Å². The smallest absolute Gasteiger partial charge is 0.162 e. The summed E-state index contributed by atoms with van der Waals surface area (Å²) in [6, 6.07) is 16.5. The van der Waals surface area contributed by atoms with Crippen LogP contribution in [0.4, 0.5) is 5.69 Å². The van der Waals surface area contributed by atoms with Crippen LogP contribution in [-0.2, 0) is 9.47 Å². The molecule has 31 heavy (non-hydrogen) atoms. The number of anilines is 1. The highest BCUT2D eigenvalue weighted by Crippen LogP contribution is 2.35. The number of hydrogen-bond donors (Lipinski definition) is 0. The van der Waals surface area contributed by atoms with Gasteiger partial charge in [-0.2, -0.15) is 5.10 Å². The highest BCUT2D eigenvalue weighted by molar-refractivity contribution is 5.66. The molecule has 0 unspecified atom stereocenters. The number of hydrogen-bond acceptors (Lipinski definition) is 6. The van der Waals surface area contributed by atoms with Crippen molar-refractivity contribution in [3.05, 3.63) is 54.7 Å². The van der Waals surface area contributed by atoms with Gasteiger partial charge in [0.25, 0.3) is 0 Å². The molecule has 2 aromatic carbocycles. The molecule has 2 saturated heterocycles. The Hall–Kier alpha value is -3.03. The Balaban J connectivity index is 1.42. The van der Waals surface area contributed by atoms with Gasteiger partial charge in [0.05, 0.1) is 51.1 Å². The third-order valence-corrected chi connectivity index (χ3v) is 5.75. The standard InChI is InChI=1S/C24H27N3O4/c1-28-23-7-2-18(16-24(23)31-21-9-13-30-17-21)22-8-10-25-27(22)20-5-3-19(4-6-20)26-11-14-29-15-12-26/h2-8,10,16,21H,9,11-15,17H2,1H3/t21-/m1/s1. The number of morpholine rings is 1. The van der Waals surface area contributed by atoms with Crippen LogP contribution in [0.15, 0.2) is 54.7 Å². The average molecular weight is 421 g/mol. The van der Waals surface area contributed by atoms with Gasteiger partial charge < -0.3 is 23.8 Å². The first-order chi connectivity index (χ1) is 15.3. The predicted molar refractivity (Wildman–Crippen MR) is 118 cm³/mol. The van der Waals surface area contributed by atoms with Gasteiger partial charge in [-0.05, 0) is 48.5 Å². The average Bonchev–Trinajstić information content (AvgIpc) is 3.52. The fourth-order valence-corrected chi connectivity index (χ4v) is 4.07. The number of nitrogens with zero attached hydrogens (tertiary/aromatic N) is 3. The van der Waals surface area contributed by atoms with E-state index in [-0.39, 0.29) is 6.10 Å². The summed E-state index contributed by atoms with van der Waals surface area (Å²) in [5.74, 6) is 1.45. The van der Waals surface area contributed by atoms with E-state index in [1.54, 1.807) is 7.11 Å². The molecule has 5 rings (SSSR count). The molecular formula is C24H27N3O4. The summed E-state index contributed by atoms with van der Waals surface area (Å²) in [6.07, 6.45) is 2.77. The van der Waals surface area contributed by atoms with E-state index in [1.807, 2.05) is 35.1 Å². The lowest BCUT2D eigenvalue weighted by molar-refractivity contribution is 0.122. The van der Waals surface area contributed by atoms with Crippen molar-refractivity contribution in [3.8, 4) is 28.4 Å². The summed E-state index contributed by atoms with van der Waals surface area (Å²) in [5, 5.41) is 4.57. The first-order valence-corrected chi connectivity index (χ1v) is 10.7. The van der Waals surface area contributed by atoms with E-state index >= 15 is 0 Å². The maximum atomic E-state index is 6.17. The second-order valence-electron chi connectivity index (χ2n) is 7.71. The fourth-order valence-electron chi connectivity index (χ4n) is 4.07. The van der Waals surface area contributed by atoms with Crippen LogP contribution in [0.25, 0.3) is 16.9 Å².